The van der Waals surface area contributed by atoms with E-state index in [1.54, 1.807) is 11.8 Å². The summed E-state index contributed by atoms with van der Waals surface area (Å²) in [4.78, 5) is 27.5. The number of para-hydroxylation sites is 1. The molecule has 0 radical (unpaired) electrons. The first-order valence-electron chi connectivity index (χ1n) is 11.7. The summed E-state index contributed by atoms with van der Waals surface area (Å²) in [6.07, 6.45) is 0. The fraction of sp³-hybridized carbons (Fsp3) is 0.310. The molecule has 4 rings (SSSR count). The molecule has 1 aliphatic rings. The van der Waals surface area contributed by atoms with Crippen LogP contribution in [0.4, 0.5) is 11.4 Å². The number of carbonyl (C=O) groups is 2. The first-order valence-corrected chi connectivity index (χ1v) is 12.7. The third-order valence-electron chi connectivity index (χ3n) is 6.15. The van der Waals surface area contributed by atoms with Crippen LogP contribution < -0.4 is 10.2 Å². The third-order valence-corrected chi connectivity index (χ3v) is 7.37. The van der Waals surface area contributed by atoms with E-state index in [2.05, 4.69) is 46.0 Å². The second kappa shape index (κ2) is 9.67. The highest BCUT2D eigenvalue weighted by Gasteiger charge is 2.35. The van der Waals surface area contributed by atoms with Crippen molar-refractivity contribution in [3.8, 4) is 0 Å². The van der Waals surface area contributed by atoms with Crippen LogP contribution in [-0.4, -0.2) is 17.6 Å². The lowest BCUT2D eigenvalue weighted by molar-refractivity contribution is -0.115. The Morgan fingerprint density at radius 1 is 0.971 bits per heavy atom. The van der Waals surface area contributed by atoms with Crippen LogP contribution >= 0.6 is 11.8 Å². The van der Waals surface area contributed by atoms with E-state index in [-0.39, 0.29) is 22.6 Å². The van der Waals surface area contributed by atoms with Crippen molar-refractivity contribution < 1.29 is 9.59 Å². The van der Waals surface area contributed by atoms with E-state index < -0.39 is 0 Å². The number of hydrogen-bond acceptors (Lipinski definition) is 3. The maximum atomic E-state index is 12.8. The zero-order valence-electron chi connectivity index (χ0n) is 20.5. The van der Waals surface area contributed by atoms with E-state index in [0.29, 0.717) is 17.2 Å². The van der Waals surface area contributed by atoms with Crippen molar-refractivity contribution in [3.05, 3.63) is 95.1 Å². The molecule has 0 aromatic heterocycles. The second-order valence-electron chi connectivity index (χ2n) is 10.0. The normalized spacial score (nSPS) is 16.2. The van der Waals surface area contributed by atoms with Gasteiger partial charge in [0.15, 0.2) is 0 Å². The molecule has 0 saturated carbocycles. The fourth-order valence-electron chi connectivity index (χ4n) is 4.18. The highest BCUT2D eigenvalue weighted by Crippen LogP contribution is 2.44. The maximum Gasteiger partial charge on any atom is 0.255 e. The number of anilines is 2. The third kappa shape index (κ3) is 5.05. The molecule has 1 heterocycles. The molecule has 0 bridgehead atoms. The topological polar surface area (TPSA) is 49.4 Å². The summed E-state index contributed by atoms with van der Waals surface area (Å²) >= 11 is 1.64. The van der Waals surface area contributed by atoms with Gasteiger partial charge in [0.2, 0.25) is 5.91 Å². The van der Waals surface area contributed by atoms with Crippen LogP contribution in [0, 0.1) is 0 Å². The molecule has 0 aliphatic carbocycles. The molecule has 1 unspecified atom stereocenters. The Morgan fingerprint density at radius 2 is 1.62 bits per heavy atom. The Hall–Kier alpha value is -3.05. The SMILES string of the molecule is CC(C)c1ccccc1N1C(=O)CSC1c1ccc(NC(=O)c2ccc(C(C)(C)C)cc2)cc1. The van der Waals surface area contributed by atoms with Crippen molar-refractivity contribution >= 4 is 35.0 Å². The van der Waals surface area contributed by atoms with E-state index >= 15 is 0 Å². The van der Waals surface area contributed by atoms with E-state index in [4.69, 9.17) is 0 Å². The molecule has 1 N–H and O–H groups in total. The number of rotatable bonds is 5. The molecule has 1 saturated heterocycles. The molecule has 3 aromatic rings. The van der Waals surface area contributed by atoms with Crippen LogP contribution in [-0.2, 0) is 10.2 Å². The quantitative estimate of drug-likeness (QED) is 0.429. The molecule has 176 valence electrons. The summed E-state index contributed by atoms with van der Waals surface area (Å²) < 4.78 is 0. The van der Waals surface area contributed by atoms with Crippen LogP contribution in [0.3, 0.4) is 0 Å². The average molecular weight is 473 g/mol. The Bertz CT molecular complexity index is 1180. The number of nitrogens with one attached hydrogen (secondary N) is 1. The summed E-state index contributed by atoms with van der Waals surface area (Å²) in [6, 6.07) is 23.7. The molecule has 3 aromatic carbocycles. The number of hydrogen-bond donors (Lipinski definition) is 1. The van der Waals surface area contributed by atoms with Gasteiger partial charge in [0.25, 0.3) is 5.91 Å². The van der Waals surface area contributed by atoms with Gasteiger partial charge in [-0.25, -0.2) is 0 Å². The predicted octanol–water partition coefficient (Wildman–Crippen LogP) is 7.14. The Labute approximate surface area is 206 Å². The van der Waals surface area contributed by atoms with Crippen LogP contribution in [0.2, 0.25) is 0 Å². The van der Waals surface area contributed by atoms with E-state index in [9.17, 15) is 9.59 Å². The van der Waals surface area contributed by atoms with Crippen molar-refractivity contribution in [2.75, 3.05) is 16.0 Å². The van der Waals surface area contributed by atoms with Gasteiger partial charge in [-0.1, -0.05) is 77.1 Å². The first-order chi connectivity index (χ1) is 16.1. The molecule has 2 amide bonds. The van der Waals surface area contributed by atoms with Gasteiger partial charge in [0.05, 0.1) is 5.75 Å². The number of thioether (sulfide) groups is 1. The lowest BCUT2D eigenvalue weighted by atomic mass is 9.87. The number of carbonyl (C=O) groups excluding carboxylic acids is 2. The zero-order valence-corrected chi connectivity index (χ0v) is 21.3. The summed E-state index contributed by atoms with van der Waals surface area (Å²) in [7, 11) is 0. The van der Waals surface area contributed by atoms with Crippen LogP contribution in [0.25, 0.3) is 0 Å². The Kier molecular flexibility index (Phi) is 6.85. The van der Waals surface area contributed by atoms with Crippen molar-refractivity contribution in [1.29, 1.82) is 0 Å². The van der Waals surface area contributed by atoms with E-state index in [1.165, 1.54) is 11.1 Å². The summed E-state index contributed by atoms with van der Waals surface area (Å²) in [5.41, 5.74) is 5.80. The molecule has 1 atom stereocenters. The minimum Gasteiger partial charge on any atom is -0.322 e. The van der Waals surface area contributed by atoms with Gasteiger partial charge in [0, 0.05) is 16.9 Å². The number of benzene rings is 3. The van der Waals surface area contributed by atoms with Gasteiger partial charge in [-0.05, 0) is 58.4 Å². The molecule has 1 aliphatic heterocycles. The van der Waals surface area contributed by atoms with Crippen molar-refractivity contribution in [2.45, 2.75) is 51.3 Å². The van der Waals surface area contributed by atoms with Crippen molar-refractivity contribution in [2.24, 2.45) is 0 Å². The van der Waals surface area contributed by atoms with Gasteiger partial charge in [-0.15, -0.1) is 11.8 Å². The number of nitrogens with zero attached hydrogens (tertiary/aromatic N) is 1. The molecular weight excluding hydrogens is 440 g/mol. The summed E-state index contributed by atoms with van der Waals surface area (Å²) in [6.45, 7) is 10.8. The molecule has 5 heteroatoms. The van der Waals surface area contributed by atoms with Gasteiger partial charge in [-0.3, -0.25) is 14.5 Å². The monoisotopic (exact) mass is 472 g/mol. The molecule has 34 heavy (non-hydrogen) atoms. The smallest absolute Gasteiger partial charge is 0.255 e. The van der Waals surface area contributed by atoms with Crippen molar-refractivity contribution in [1.82, 2.24) is 0 Å². The van der Waals surface area contributed by atoms with Gasteiger partial charge < -0.3 is 5.32 Å². The highest BCUT2D eigenvalue weighted by molar-refractivity contribution is 8.00. The number of amides is 2. The second-order valence-corrected chi connectivity index (χ2v) is 11.1. The molecular formula is C29H32N2O2S. The maximum absolute atomic E-state index is 12.8. The van der Waals surface area contributed by atoms with Gasteiger partial charge in [0.1, 0.15) is 5.37 Å². The van der Waals surface area contributed by atoms with E-state index in [0.717, 1.165) is 16.9 Å². The average Bonchev–Trinajstić information content (AvgIpc) is 3.20. The summed E-state index contributed by atoms with van der Waals surface area (Å²) in [5, 5.41) is 2.90. The minimum absolute atomic E-state index is 0.0496. The van der Waals surface area contributed by atoms with Crippen molar-refractivity contribution in [3.63, 3.8) is 0 Å². The van der Waals surface area contributed by atoms with Crippen LogP contribution in [0.1, 0.15) is 73.0 Å². The standard InChI is InChI=1S/C29H32N2O2S/c1-19(2)24-8-6-7-9-25(24)31-26(32)18-34-28(31)21-12-16-23(17-13-21)30-27(33)20-10-14-22(15-11-20)29(3,4)5/h6-17,19,28H,18H2,1-5H3,(H,30,33). The van der Waals surface area contributed by atoms with Gasteiger partial charge >= 0.3 is 0 Å². The lowest BCUT2D eigenvalue weighted by Gasteiger charge is -2.27. The molecule has 1 fully saturated rings. The lowest BCUT2D eigenvalue weighted by Crippen LogP contribution is -2.29. The van der Waals surface area contributed by atoms with E-state index in [1.807, 2.05) is 71.6 Å². The van der Waals surface area contributed by atoms with Crippen LogP contribution in [0.5, 0.6) is 0 Å². The zero-order chi connectivity index (χ0) is 24.5. The van der Waals surface area contributed by atoms with Gasteiger partial charge in [-0.2, -0.15) is 0 Å². The Balaban J connectivity index is 1.51. The summed E-state index contributed by atoms with van der Waals surface area (Å²) in [5.74, 6) is 0.774. The fourth-order valence-corrected chi connectivity index (χ4v) is 5.35. The molecule has 0 spiro atoms. The highest BCUT2D eigenvalue weighted by atomic mass is 32.2. The van der Waals surface area contributed by atoms with Crippen LogP contribution in [0.15, 0.2) is 72.8 Å². The Morgan fingerprint density at radius 3 is 2.24 bits per heavy atom. The largest absolute Gasteiger partial charge is 0.322 e. The molecule has 4 nitrogen and oxygen atoms in total. The minimum atomic E-state index is -0.133. The predicted molar refractivity (Wildman–Crippen MR) is 143 cm³/mol. The first kappa shape index (κ1) is 24.1.